The first-order chi connectivity index (χ1) is 9.81. The van der Waals surface area contributed by atoms with Crippen molar-refractivity contribution in [3.63, 3.8) is 0 Å². The van der Waals surface area contributed by atoms with Crippen molar-refractivity contribution in [3.05, 3.63) is 46.7 Å². The average molecular weight is 301 g/mol. The van der Waals surface area contributed by atoms with Crippen molar-refractivity contribution in [2.45, 2.75) is 19.3 Å². The Kier molecular flexibility index (Phi) is 2.97. The fourth-order valence-corrected chi connectivity index (χ4v) is 3.75. The second-order valence-corrected chi connectivity index (χ2v) is 6.49. The van der Waals surface area contributed by atoms with Gasteiger partial charge in [0.05, 0.1) is 5.39 Å². The molecule has 20 heavy (non-hydrogen) atoms. The van der Waals surface area contributed by atoms with E-state index in [0.717, 1.165) is 33.9 Å². The molecule has 0 bridgehead atoms. The van der Waals surface area contributed by atoms with Crippen LogP contribution in [0, 0.1) is 5.92 Å². The lowest BCUT2D eigenvalue weighted by Gasteiger charge is -2.03. The van der Waals surface area contributed by atoms with Gasteiger partial charge in [0.15, 0.2) is 0 Å². The summed E-state index contributed by atoms with van der Waals surface area (Å²) in [5.41, 5.74) is 2.30. The van der Waals surface area contributed by atoms with E-state index in [1.807, 2.05) is 18.2 Å². The number of benzene rings is 1. The van der Waals surface area contributed by atoms with Crippen LogP contribution in [0.5, 0.6) is 0 Å². The summed E-state index contributed by atoms with van der Waals surface area (Å²) < 4.78 is 0. The predicted octanol–water partition coefficient (Wildman–Crippen LogP) is 4.96. The zero-order valence-electron chi connectivity index (χ0n) is 10.8. The van der Waals surface area contributed by atoms with Crippen molar-refractivity contribution in [2.24, 2.45) is 5.92 Å². The summed E-state index contributed by atoms with van der Waals surface area (Å²) in [6.45, 7) is 0. The Morgan fingerprint density at radius 3 is 2.70 bits per heavy atom. The SMILES string of the molecule is Clc1nc(CC2CC2)nc2scc(-c3ccccc3)c12. The number of hydrogen-bond acceptors (Lipinski definition) is 3. The van der Waals surface area contributed by atoms with Crippen LogP contribution in [0.4, 0.5) is 0 Å². The fourth-order valence-electron chi connectivity index (χ4n) is 2.44. The quantitative estimate of drug-likeness (QED) is 0.639. The molecule has 2 nitrogen and oxygen atoms in total. The Labute approximate surface area is 126 Å². The normalized spacial score (nSPS) is 14.8. The van der Waals surface area contributed by atoms with Gasteiger partial charge in [-0.3, -0.25) is 0 Å². The molecule has 0 radical (unpaired) electrons. The number of rotatable bonds is 3. The molecule has 1 aliphatic rings. The first-order valence-corrected chi connectivity index (χ1v) is 8.06. The van der Waals surface area contributed by atoms with Crippen molar-refractivity contribution in [3.8, 4) is 11.1 Å². The van der Waals surface area contributed by atoms with Gasteiger partial charge in [-0.05, 0) is 24.3 Å². The first kappa shape index (κ1) is 12.3. The number of halogens is 1. The second kappa shape index (κ2) is 4.83. The summed E-state index contributed by atoms with van der Waals surface area (Å²) >= 11 is 8.07. The molecule has 0 N–H and O–H groups in total. The molecule has 0 unspecified atom stereocenters. The van der Waals surface area contributed by atoms with Gasteiger partial charge in [-0.25, -0.2) is 9.97 Å². The Balaban J connectivity index is 1.84. The molecule has 0 saturated heterocycles. The van der Waals surface area contributed by atoms with Crippen LogP contribution >= 0.6 is 22.9 Å². The lowest BCUT2D eigenvalue weighted by Crippen LogP contribution is -1.96. The lowest BCUT2D eigenvalue weighted by atomic mass is 10.1. The Hall–Kier alpha value is -1.45. The van der Waals surface area contributed by atoms with E-state index in [1.165, 1.54) is 18.4 Å². The van der Waals surface area contributed by atoms with Crippen LogP contribution < -0.4 is 0 Å². The maximum Gasteiger partial charge on any atom is 0.142 e. The van der Waals surface area contributed by atoms with Crippen LogP contribution in [0.3, 0.4) is 0 Å². The topological polar surface area (TPSA) is 25.8 Å². The Bertz CT molecular complexity index is 763. The minimum Gasteiger partial charge on any atom is -0.222 e. The molecular weight excluding hydrogens is 288 g/mol. The third-order valence-electron chi connectivity index (χ3n) is 3.69. The predicted molar refractivity (Wildman–Crippen MR) is 84.3 cm³/mol. The minimum atomic E-state index is 0.589. The number of nitrogens with zero attached hydrogens (tertiary/aromatic N) is 2. The summed E-state index contributed by atoms with van der Waals surface area (Å²) in [7, 11) is 0. The van der Waals surface area contributed by atoms with E-state index < -0.39 is 0 Å². The summed E-state index contributed by atoms with van der Waals surface area (Å²) in [5, 5.41) is 3.70. The molecule has 0 aliphatic heterocycles. The van der Waals surface area contributed by atoms with Gasteiger partial charge in [0.25, 0.3) is 0 Å². The van der Waals surface area contributed by atoms with E-state index in [9.17, 15) is 0 Å². The zero-order chi connectivity index (χ0) is 13.5. The van der Waals surface area contributed by atoms with E-state index in [-0.39, 0.29) is 0 Å². The Morgan fingerprint density at radius 1 is 1.15 bits per heavy atom. The highest BCUT2D eigenvalue weighted by atomic mass is 35.5. The smallest absolute Gasteiger partial charge is 0.142 e. The van der Waals surface area contributed by atoms with E-state index in [1.54, 1.807) is 11.3 Å². The minimum absolute atomic E-state index is 0.589. The van der Waals surface area contributed by atoms with Gasteiger partial charge < -0.3 is 0 Å². The van der Waals surface area contributed by atoms with Gasteiger partial charge in [-0.15, -0.1) is 11.3 Å². The number of aromatic nitrogens is 2. The molecule has 0 amide bonds. The highest BCUT2D eigenvalue weighted by Crippen LogP contribution is 2.38. The molecule has 1 aromatic carbocycles. The molecule has 2 aromatic heterocycles. The number of fused-ring (bicyclic) bond motifs is 1. The summed E-state index contributed by atoms with van der Waals surface area (Å²) in [6, 6.07) is 10.3. The molecule has 1 saturated carbocycles. The van der Waals surface area contributed by atoms with Gasteiger partial charge in [-0.2, -0.15) is 0 Å². The van der Waals surface area contributed by atoms with Gasteiger partial charge in [0, 0.05) is 17.4 Å². The highest BCUT2D eigenvalue weighted by molar-refractivity contribution is 7.17. The van der Waals surface area contributed by atoms with E-state index >= 15 is 0 Å². The van der Waals surface area contributed by atoms with Gasteiger partial charge in [-0.1, -0.05) is 41.9 Å². The summed E-state index contributed by atoms with van der Waals surface area (Å²) in [6.07, 6.45) is 3.58. The van der Waals surface area contributed by atoms with Crippen molar-refractivity contribution in [1.82, 2.24) is 9.97 Å². The van der Waals surface area contributed by atoms with Crippen LogP contribution in [0.25, 0.3) is 21.3 Å². The number of hydrogen-bond donors (Lipinski definition) is 0. The maximum atomic E-state index is 6.42. The molecule has 1 fully saturated rings. The molecule has 4 heteroatoms. The number of thiophene rings is 1. The van der Waals surface area contributed by atoms with Gasteiger partial charge in [0.2, 0.25) is 0 Å². The fraction of sp³-hybridized carbons (Fsp3) is 0.250. The summed E-state index contributed by atoms with van der Waals surface area (Å²) in [4.78, 5) is 10.2. The van der Waals surface area contributed by atoms with Crippen LogP contribution in [-0.4, -0.2) is 9.97 Å². The van der Waals surface area contributed by atoms with E-state index in [0.29, 0.717) is 5.15 Å². The first-order valence-electron chi connectivity index (χ1n) is 6.80. The van der Waals surface area contributed by atoms with Crippen LogP contribution in [0.1, 0.15) is 18.7 Å². The molecule has 3 aromatic rings. The Morgan fingerprint density at radius 2 is 1.95 bits per heavy atom. The largest absolute Gasteiger partial charge is 0.222 e. The standard InChI is InChI=1S/C16H13ClN2S/c17-15-14-12(11-4-2-1-3-5-11)9-20-16(14)19-13(18-15)8-10-6-7-10/h1-5,9-10H,6-8H2. The molecule has 2 heterocycles. The van der Waals surface area contributed by atoms with E-state index in [4.69, 9.17) is 11.6 Å². The van der Waals surface area contributed by atoms with Crippen LogP contribution in [0.15, 0.2) is 35.7 Å². The zero-order valence-corrected chi connectivity index (χ0v) is 12.4. The molecule has 1 aliphatic carbocycles. The third kappa shape index (κ3) is 2.21. The van der Waals surface area contributed by atoms with Gasteiger partial charge >= 0.3 is 0 Å². The molecule has 100 valence electrons. The van der Waals surface area contributed by atoms with Crippen molar-refractivity contribution < 1.29 is 0 Å². The lowest BCUT2D eigenvalue weighted by molar-refractivity contribution is 0.777. The van der Waals surface area contributed by atoms with Crippen LogP contribution in [0.2, 0.25) is 5.15 Å². The molecule has 0 atom stereocenters. The average Bonchev–Trinajstić information content (AvgIpc) is 3.16. The monoisotopic (exact) mass is 300 g/mol. The second-order valence-electron chi connectivity index (χ2n) is 5.27. The van der Waals surface area contributed by atoms with Crippen molar-refractivity contribution >= 4 is 33.2 Å². The molecule has 0 spiro atoms. The third-order valence-corrected chi connectivity index (χ3v) is 4.83. The van der Waals surface area contributed by atoms with Crippen molar-refractivity contribution in [2.75, 3.05) is 0 Å². The summed E-state index contributed by atoms with van der Waals surface area (Å²) in [5.74, 6) is 1.67. The van der Waals surface area contributed by atoms with Crippen LogP contribution in [-0.2, 0) is 6.42 Å². The van der Waals surface area contributed by atoms with Gasteiger partial charge in [0.1, 0.15) is 15.8 Å². The highest BCUT2D eigenvalue weighted by Gasteiger charge is 2.24. The maximum absolute atomic E-state index is 6.42. The molecular formula is C16H13ClN2S. The van der Waals surface area contributed by atoms with Crippen molar-refractivity contribution in [1.29, 1.82) is 0 Å². The van der Waals surface area contributed by atoms with E-state index in [2.05, 4.69) is 27.5 Å². The molecule has 4 rings (SSSR count).